The first-order chi connectivity index (χ1) is 7.36. The molecule has 0 bridgehead atoms. The van der Waals surface area contributed by atoms with Gasteiger partial charge in [0.05, 0.1) is 0 Å². The average Bonchev–Trinajstić information content (AvgIpc) is 2.34. The number of benzene rings is 1. The van der Waals surface area contributed by atoms with Crippen molar-refractivity contribution in [3.63, 3.8) is 0 Å². The van der Waals surface area contributed by atoms with Gasteiger partial charge in [-0.05, 0) is 11.1 Å². The van der Waals surface area contributed by atoms with Crippen molar-refractivity contribution in [2.75, 3.05) is 5.75 Å². The zero-order chi connectivity index (χ0) is 11.1. The molecule has 1 aromatic carbocycles. The standard InChI is InChI=1S/C10H8ClNS.C2H6/c11-10-12-6-9(7-13-10)8-4-2-1-3-5-8;1-2/h1-6H,7H2;1-2H3. The van der Waals surface area contributed by atoms with Gasteiger partial charge in [-0.2, -0.15) is 0 Å². The minimum atomic E-state index is 0.625. The van der Waals surface area contributed by atoms with Crippen LogP contribution in [-0.2, 0) is 0 Å². The molecule has 0 aliphatic carbocycles. The number of aliphatic imine (C=N–C) groups is 1. The molecule has 1 aliphatic rings. The van der Waals surface area contributed by atoms with Crippen LogP contribution in [0.4, 0.5) is 0 Å². The maximum atomic E-state index is 5.74. The van der Waals surface area contributed by atoms with E-state index in [4.69, 9.17) is 11.6 Å². The summed E-state index contributed by atoms with van der Waals surface area (Å²) >= 11 is 7.31. The highest BCUT2D eigenvalue weighted by molar-refractivity contribution is 8.17. The highest BCUT2D eigenvalue weighted by Gasteiger charge is 2.07. The minimum absolute atomic E-state index is 0.625. The monoisotopic (exact) mass is 239 g/mol. The number of rotatable bonds is 1. The van der Waals surface area contributed by atoms with Gasteiger partial charge in [0, 0.05) is 12.0 Å². The molecular formula is C12H14ClNS. The molecule has 0 saturated heterocycles. The number of nitrogens with zero attached hydrogens (tertiary/aromatic N) is 1. The summed E-state index contributed by atoms with van der Waals surface area (Å²) in [5.41, 5.74) is 2.46. The van der Waals surface area contributed by atoms with Crippen molar-refractivity contribution in [2.24, 2.45) is 4.99 Å². The van der Waals surface area contributed by atoms with E-state index < -0.39 is 0 Å². The zero-order valence-corrected chi connectivity index (χ0v) is 10.5. The second kappa shape index (κ2) is 6.70. The Balaban J connectivity index is 0.000000531. The Bertz CT molecular complexity index is 357. The lowest BCUT2D eigenvalue weighted by atomic mass is 10.1. The van der Waals surface area contributed by atoms with Crippen molar-refractivity contribution in [1.82, 2.24) is 0 Å². The molecular weight excluding hydrogens is 226 g/mol. The van der Waals surface area contributed by atoms with Gasteiger partial charge < -0.3 is 0 Å². The first kappa shape index (κ1) is 12.3. The normalized spacial score (nSPS) is 14.6. The summed E-state index contributed by atoms with van der Waals surface area (Å²) in [5.74, 6) is 0.909. The lowest BCUT2D eigenvalue weighted by molar-refractivity contribution is 1.50. The number of hydrogen-bond donors (Lipinski definition) is 0. The van der Waals surface area contributed by atoms with Gasteiger partial charge in [-0.1, -0.05) is 67.5 Å². The van der Waals surface area contributed by atoms with Crippen LogP contribution in [0.25, 0.3) is 5.57 Å². The summed E-state index contributed by atoms with van der Waals surface area (Å²) in [4.78, 5) is 4.07. The van der Waals surface area contributed by atoms with Crippen LogP contribution in [0.2, 0.25) is 0 Å². The summed E-state index contributed by atoms with van der Waals surface area (Å²) in [6.07, 6.45) is 1.84. The van der Waals surface area contributed by atoms with E-state index in [-0.39, 0.29) is 0 Å². The molecule has 0 amide bonds. The number of halogens is 1. The molecule has 2 rings (SSSR count). The van der Waals surface area contributed by atoms with E-state index in [1.54, 1.807) is 11.8 Å². The van der Waals surface area contributed by atoms with Gasteiger partial charge in [0.1, 0.15) is 0 Å². The van der Waals surface area contributed by atoms with Gasteiger partial charge in [0.25, 0.3) is 0 Å². The van der Waals surface area contributed by atoms with Gasteiger partial charge in [-0.3, -0.25) is 0 Å². The molecule has 0 fully saturated rings. The van der Waals surface area contributed by atoms with Gasteiger partial charge >= 0.3 is 0 Å². The summed E-state index contributed by atoms with van der Waals surface area (Å²) < 4.78 is 0.625. The summed E-state index contributed by atoms with van der Waals surface area (Å²) in [6.45, 7) is 4.00. The van der Waals surface area contributed by atoms with Crippen LogP contribution in [0, 0.1) is 0 Å². The summed E-state index contributed by atoms with van der Waals surface area (Å²) in [6, 6.07) is 10.2. The van der Waals surface area contributed by atoms with Crippen LogP contribution in [0.5, 0.6) is 0 Å². The van der Waals surface area contributed by atoms with E-state index >= 15 is 0 Å². The Kier molecular flexibility index (Phi) is 5.51. The number of thioether (sulfide) groups is 1. The van der Waals surface area contributed by atoms with Crippen LogP contribution in [-0.4, -0.2) is 10.3 Å². The van der Waals surface area contributed by atoms with Crippen molar-refractivity contribution >= 4 is 33.4 Å². The molecule has 1 heterocycles. The van der Waals surface area contributed by atoms with E-state index in [1.165, 1.54) is 11.1 Å². The second-order valence-corrected chi connectivity index (χ2v) is 4.24. The molecule has 1 nitrogen and oxygen atoms in total. The average molecular weight is 240 g/mol. The third-order valence-electron chi connectivity index (χ3n) is 1.81. The van der Waals surface area contributed by atoms with E-state index in [0.717, 1.165) is 5.75 Å². The van der Waals surface area contributed by atoms with E-state index in [0.29, 0.717) is 4.50 Å². The fourth-order valence-corrected chi connectivity index (χ4v) is 2.01. The first-order valence-corrected chi connectivity index (χ1v) is 6.33. The quantitative estimate of drug-likeness (QED) is 0.708. The first-order valence-electron chi connectivity index (χ1n) is 4.97. The van der Waals surface area contributed by atoms with E-state index in [9.17, 15) is 0 Å². The molecule has 0 N–H and O–H groups in total. The molecule has 15 heavy (non-hydrogen) atoms. The van der Waals surface area contributed by atoms with Gasteiger partial charge in [0.2, 0.25) is 0 Å². The van der Waals surface area contributed by atoms with Crippen molar-refractivity contribution in [3.05, 3.63) is 42.1 Å². The highest BCUT2D eigenvalue weighted by atomic mass is 35.5. The van der Waals surface area contributed by atoms with E-state index in [1.807, 2.05) is 38.2 Å². The Morgan fingerprint density at radius 1 is 1.20 bits per heavy atom. The molecule has 0 aromatic heterocycles. The highest BCUT2D eigenvalue weighted by Crippen LogP contribution is 2.25. The molecule has 0 radical (unpaired) electrons. The van der Waals surface area contributed by atoms with Gasteiger partial charge in [0.15, 0.2) is 4.50 Å². The Morgan fingerprint density at radius 2 is 1.87 bits per heavy atom. The van der Waals surface area contributed by atoms with Crippen molar-refractivity contribution in [3.8, 4) is 0 Å². The Labute approximate surface area is 100 Å². The van der Waals surface area contributed by atoms with Crippen molar-refractivity contribution < 1.29 is 0 Å². The van der Waals surface area contributed by atoms with Crippen molar-refractivity contribution in [1.29, 1.82) is 0 Å². The maximum absolute atomic E-state index is 5.74. The topological polar surface area (TPSA) is 12.4 Å². The molecule has 1 aromatic rings. The number of hydrogen-bond acceptors (Lipinski definition) is 2. The third-order valence-corrected chi connectivity index (χ3v) is 3.04. The SMILES string of the molecule is CC.ClC1=NC=C(c2ccccc2)CS1. The molecule has 0 unspecified atom stereocenters. The molecule has 3 heteroatoms. The van der Waals surface area contributed by atoms with Crippen LogP contribution < -0.4 is 0 Å². The lowest BCUT2D eigenvalue weighted by Crippen LogP contribution is -1.94. The molecule has 0 atom stereocenters. The smallest absolute Gasteiger partial charge is 0.162 e. The molecule has 0 spiro atoms. The Hall–Kier alpha value is -0.730. The maximum Gasteiger partial charge on any atom is 0.162 e. The van der Waals surface area contributed by atoms with Crippen LogP contribution in [0.1, 0.15) is 19.4 Å². The third kappa shape index (κ3) is 3.73. The van der Waals surface area contributed by atoms with Crippen molar-refractivity contribution in [2.45, 2.75) is 13.8 Å². The van der Waals surface area contributed by atoms with Crippen LogP contribution in [0.3, 0.4) is 0 Å². The predicted molar refractivity (Wildman–Crippen MR) is 71.5 cm³/mol. The largest absolute Gasteiger partial charge is 0.237 e. The minimum Gasteiger partial charge on any atom is -0.237 e. The molecule has 0 saturated carbocycles. The molecule has 80 valence electrons. The summed E-state index contributed by atoms with van der Waals surface area (Å²) in [5, 5.41) is 0. The fourth-order valence-electron chi connectivity index (χ4n) is 1.15. The Morgan fingerprint density at radius 3 is 2.40 bits per heavy atom. The van der Waals surface area contributed by atoms with Crippen LogP contribution in [0.15, 0.2) is 41.5 Å². The lowest BCUT2D eigenvalue weighted by Gasteiger charge is -2.09. The summed E-state index contributed by atoms with van der Waals surface area (Å²) in [7, 11) is 0. The van der Waals surface area contributed by atoms with E-state index in [2.05, 4.69) is 17.1 Å². The predicted octanol–water partition coefficient (Wildman–Crippen LogP) is 4.40. The van der Waals surface area contributed by atoms with Gasteiger partial charge in [-0.25, -0.2) is 4.99 Å². The van der Waals surface area contributed by atoms with Crippen LogP contribution >= 0.6 is 23.4 Å². The molecule has 1 aliphatic heterocycles. The zero-order valence-electron chi connectivity index (χ0n) is 8.90. The second-order valence-electron chi connectivity index (χ2n) is 2.69. The van der Waals surface area contributed by atoms with Gasteiger partial charge in [-0.15, -0.1) is 0 Å². The fraction of sp³-hybridized carbons (Fsp3) is 0.250.